The van der Waals surface area contributed by atoms with Gasteiger partial charge in [0.25, 0.3) is 0 Å². The van der Waals surface area contributed by atoms with E-state index in [-0.39, 0.29) is 5.75 Å². The van der Waals surface area contributed by atoms with E-state index in [0.717, 1.165) is 0 Å². The third-order valence-electron chi connectivity index (χ3n) is 1.54. The fourth-order valence-corrected chi connectivity index (χ4v) is 0.992. The van der Waals surface area contributed by atoms with Gasteiger partial charge in [-0.3, -0.25) is 10.1 Å². The van der Waals surface area contributed by atoms with Crippen molar-refractivity contribution in [1.82, 2.24) is 15.2 Å². The lowest BCUT2D eigenvalue weighted by Gasteiger charge is -1.97. The number of hydrogen-bond acceptors (Lipinski definition) is 3. The smallest absolute Gasteiger partial charge is 0.143 e. The summed E-state index contributed by atoms with van der Waals surface area (Å²) in [5.74, 6) is 0.154. The Morgan fingerprint density at radius 2 is 2.17 bits per heavy atom. The second-order valence-corrected chi connectivity index (χ2v) is 2.34. The van der Waals surface area contributed by atoms with Gasteiger partial charge in [-0.2, -0.15) is 5.10 Å². The zero-order valence-corrected chi connectivity index (χ0v) is 6.23. The minimum atomic E-state index is 0.154. The van der Waals surface area contributed by atoms with Gasteiger partial charge in [0.1, 0.15) is 11.4 Å². The fourth-order valence-electron chi connectivity index (χ4n) is 0.992. The van der Waals surface area contributed by atoms with Crippen LogP contribution in [0.4, 0.5) is 0 Å². The highest BCUT2D eigenvalue weighted by atomic mass is 16.3. The number of hydrogen-bond donors (Lipinski definition) is 2. The van der Waals surface area contributed by atoms with Crippen LogP contribution in [0.25, 0.3) is 11.4 Å². The van der Waals surface area contributed by atoms with E-state index in [1.54, 1.807) is 30.6 Å². The summed E-state index contributed by atoms with van der Waals surface area (Å²) >= 11 is 0. The molecule has 0 fully saturated rings. The van der Waals surface area contributed by atoms with E-state index >= 15 is 0 Å². The molecule has 0 aliphatic heterocycles. The zero-order valence-electron chi connectivity index (χ0n) is 6.23. The second kappa shape index (κ2) is 2.65. The van der Waals surface area contributed by atoms with E-state index in [9.17, 15) is 5.11 Å². The lowest BCUT2D eigenvalue weighted by atomic mass is 10.2. The van der Waals surface area contributed by atoms with Crippen molar-refractivity contribution in [3.63, 3.8) is 0 Å². The van der Waals surface area contributed by atoms with E-state index in [0.29, 0.717) is 11.4 Å². The van der Waals surface area contributed by atoms with Crippen LogP contribution in [0.2, 0.25) is 0 Å². The Labute approximate surface area is 68.9 Å². The first-order chi connectivity index (χ1) is 5.88. The molecule has 0 saturated heterocycles. The van der Waals surface area contributed by atoms with Gasteiger partial charge in [-0.25, -0.2) is 0 Å². The molecule has 0 unspecified atom stereocenters. The van der Waals surface area contributed by atoms with Crippen molar-refractivity contribution in [2.75, 3.05) is 0 Å². The predicted molar refractivity (Wildman–Crippen MR) is 43.5 cm³/mol. The summed E-state index contributed by atoms with van der Waals surface area (Å²) in [6.45, 7) is 0. The molecular weight excluding hydrogens is 154 g/mol. The van der Waals surface area contributed by atoms with Crippen LogP contribution >= 0.6 is 0 Å². The van der Waals surface area contributed by atoms with Crippen molar-refractivity contribution in [3.8, 4) is 17.1 Å². The normalized spacial score (nSPS) is 10.0. The molecule has 0 saturated carbocycles. The number of H-pyrrole nitrogens is 1. The molecule has 2 aromatic heterocycles. The van der Waals surface area contributed by atoms with E-state index in [1.807, 2.05) is 0 Å². The van der Waals surface area contributed by atoms with Gasteiger partial charge < -0.3 is 5.11 Å². The Morgan fingerprint density at radius 3 is 2.83 bits per heavy atom. The molecule has 2 heterocycles. The van der Waals surface area contributed by atoms with Crippen molar-refractivity contribution in [2.45, 2.75) is 0 Å². The molecule has 0 bridgehead atoms. The Balaban J connectivity index is 2.55. The van der Waals surface area contributed by atoms with E-state index in [2.05, 4.69) is 15.2 Å². The van der Waals surface area contributed by atoms with Crippen molar-refractivity contribution < 1.29 is 5.11 Å². The number of aromatic nitrogens is 3. The standard InChI is InChI=1S/C8H7N3O/c12-7-2-1-4-9-8(7)6-3-5-10-11-6/h1-5,12H,(H,10,11). The maximum Gasteiger partial charge on any atom is 0.143 e. The summed E-state index contributed by atoms with van der Waals surface area (Å²) in [6, 6.07) is 5.01. The maximum absolute atomic E-state index is 9.37. The van der Waals surface area contributed by atoms with Crippen LogP contribution in [0.15, 0.2) is 30.6 Å². The highest BCUT2D eigenvalue weighted by Crippen LogP contribution is 2.23. The molecule has 0 atom stereocenters. The van der Waals surface area contributed by atoms with E-state index < -0.39 is 0 Å². The molecular formula is C8H7N3O. The summed E-state index contributed by atoms with van der Waals surface area (Å²) in [7, 11) is 0. The maximum atomic E-state index is 9.37. The molecule has 60 valence electrons. The molecule has 2 rings (SSSR count). The molecule has 0 spiro atoms. The molecule has 12 heavy (non-hydrogen) atoms. The van der Waals surface area contributed by atoms with Crippen LogP contribution in [0.5, 0.6) is 5.75 Å². The van der Waals surface area contributed by atoms with Crippen LogP contribution in [0, 0.1) is 0 Å². The first kappa shape index (κ1) is 6.84. The third-order valence-corrected chi connectivity index (χ3v) is 1.54. The number of nitrogens with one attached hydrogen (secondary N) is 1. The van der Waals surface area contributed by atoms with Crippen molar-refractivity contribution in [3.05, 3.63) is 30.6 Å². The van der Waals surface area contributed by atoms with Gasteiger partial charge in [0.15, 0.2) is 0 Å². The molecule has 0 radical (unpaired) electrons. The van der Waals surface area contributed by atoms with Crippen LogP contribution in [0.1, 0.15) is 0 Å². The fraction of sp³-hybridized carbons (Fsp3) is 0. The Morgan fingerprint density at radius 1 is 1.25 bits per heavy atom. The summed E-state index contributed by atoms with van der Waals surface area (Å²) in [5, 5.41) is 15.9. The zero-order chi connectivity index (χ0) is 8.39. The largest absolute Gasteiger partial charge is 0.506 e. The number of rotatable bonds is 1. The van der Waals surface area contributed by atoms with Crippen LogP contribution in [0.3, 0.4) is 0 Å². The lowest BCUT2D eigenvalue weighted by molar-refractivity contribution is 0.475. The van der Waals surface area contributed by atoms with Crippen molar-refractivity contribution in [1.29, 1.82) is 0 Å². The van der Waals surface area contributed by atoms with Gasteiger partial charge in [-0.15, -0.1) is 0 Å². The number of nitrogens with zero attached hydrogens (tertiary/aromatic N) is 2. The predicted octanol–water partition coefficient (Wildman–Crippen LogP) is 1.18. The third kappa shape index (κ3) is 1.03. The average molecular weight is 161 g/mol. The summed E-state index contributed by atoms with van der Waals surface area (Å²) in [6.07, 6.45) is 3.24. The summed E-state index contributed by atoms with van der Waals surface area (Å²) < 4.78 is 0. The summed E-state index contributed by atoms with van der Waals surface area (Å²) in [5.41, 5.74) is 1.24. The quantitative estimate of drug-likeness (QED) is 0.660. The molecule has 0 aliphatic rings. The van der Waals surface area contributed by atoms with Gasteiger partial charge >= 0.3 is 0 Å². The van der Waals surface area contributed by atoms with Crippen LogP contribution < -0.4 is 0 Å². The Bertz CT molecular complexity index is 370. The first-order valence-corrected chi connectivity index (χ1v) is 3.51. The molecule has 4 nitrogen and oxygen atoms in total. The van der Waals surface area contributed by atoms with Gasteiger partial charge in [0.2, 0.25) is 0 Å². The molecule has 4 heteroatoms. The highest BCUT2D eigenvalue weighted by Gasteiger charge is 2.04. The highest BCUT2D eigenvalue weighted by molar-refractivity contribution is 5.60. The van der Waals surface area contributed by atoms with Crippen LogP contribution in [-0.4, -0.2) is 20.3 Å². The van der Waals surface area contributed by atoms with Gasteiger partial charge in [-0.1, -0.05) is 0 Å². The minimum absolute atomic E-state index is 0.154. The molecule has 0 aliphatic carbocycles. The van der Waals surface area contributed by atoms with Crippen molar-refractivity contribution in [2.24, 2.45) is 0 Å². The Kier molecular flexibility index (Phi) is 1.51. The molecule has 0 amide bonds. The Hall–Kier alpha value is -1.84. The number of aromatic hydroxyl groups is 1. The lowest BCUT2D eigenvalue weighted by Crippen LogP contribution is -1.83. The van der Waals surface area contributed by atoms with Gasteiger partial charge in [-0.05, 0) is 18.2 Å². The SMILES string of the molecule is Oc1cccnc1-c1ccn[nH]1. The van der Waals surface area contributed by atoms with Crippen LogP contribution in [-0.2, 0) is 0 Å². The second-order valence-electron chi connectivity index (χ2n) is 2.34. The average Bonchev–Trinajstić information content (AvgIpc) is 2.57. The summed E-state index contributed by atoms with van der Waals surface area (Å²) in [4.78, 5) is 4.00. The molecule has 2 aromatic rings. The van der Waals surface area contributed by atoms with Gasteiger partial charge in [0, 0.05) is 12.4 Å². The topological polar surface area (TPSA) is 61.8 Å². The van der Waals surface area contributed by atoms with Gasteiger partial charge in [0.05, 0.1) is 5.69 Å². The number of pyridine rings is 1. The van der Waals surface area contributed by atoms with Crippen molar-refractivity contribution >= 4 is 0 Å². The first-order valence-electron chi connectivity index (χ1n) is 3.51. The molecule has 2 N–H and O–H groups in total. The monoisotopic (exact) mass is 161 g/mol. The number of aromatic amines is 1. The van der Waals surface area contributed by atoms with E-state index in [4.69, 9.17) is 0 Å². The molecule has 0 aromatic carbocycles. The van der Waals surface area contributed by atoms with E-state index in [1.165, 1.54) is 0 Å². The minimum Gasteiger partial charge on any atom is -0.506 e.